The molecule has 0 aromatic carbocycles. The molecule has 19 heavy (non-hydrogen) atoms. The third-order valence-corrected chi connectivity index (χ3v) is 5.19. The molecule has 0 amide bonds. The van der Waals surface area contributed by atoms with Gasteiger partial charge < -0.3 is 9.84 Å². The van der Waals surface area contributed by atoms with E-state index in [2.05, 4.69) is 4.90 Å². The summed E-state index contributed by atoms with van der Waals surface area (Å²) >= 11 is 0. The van der Waals surface area contributed by atoms with Gasteiger partial charge in [0.2, 0.25) is 0 Å². The Balaban J connectivity index is 2.02. The van der Waals surface area contributed by atoms with Gasteiger partial charge >= 0.3 is 5.97 Å². The molecule has 1 saturated heterocycles. The van der Waals surface area contributed by atoms with E-state index in [1.54, 1.807) is 7.11 Å². The Morgan fingerprint density at radius 2 is 2.21 bits per heavy atom. The van der Waals surface area contributed by atoms with Gasteiger partial charge in [-0.1, -0.05) is 6.92 Å². The van der Waals surface area contributed by atoms with Crippen molar-refractivity contribution in [1.29, 1.82) is 0 Å². The first-order valence-electron chi connectivity index (χ1n) is 7.61. The highest BCUT2D eigenvalue weighted by Gasteiger charge is 2.42. The Hall–Kier alpha value is -0.610. The Morgan fingerprint density at radius 1 is 1.42 bits per heavy atom. The van der Waals surface area contributed by atoms with E-state index in [1.165, 1.54) is 12.8 Å². The number of hydrogen-bond acceptors (Lipinski definition) is 3. The molecule has 4 nitrogen and oxygen atoms in total. The number of piperidine rings is 1. The first-order valence-corrected chi connectivity index (χ1v) is 7.61. The number of nitrogens with zero attached hydrogens (tertiary/aromatic N) is 1. The van der Waals surface area contributed by atoms with Crippen LogP contribution in [-0.4, -0.2) is 48.3 Å². The molecule has 3 atom stereocenters. The van der Waals surface area contributed by atoms with Crippen LogP contribution < -0.4 is 0 Å². The predicted molar refractivity (Wildman–Crippen MR) is 74.2 cm³/mol. The minimum atomic E-state index is -0.612. The quantitative estimate of drug-likeness (QED) is 0.852. The summed E-state index contributed by atoms with van der Waals surface area (Å²) in [7, 11) is 1.79. The van der Waals surface area contributed by atoms with Crippen LogP contribution in [0.1, 0.15) is 51.9 Å². The summed E-state index contributed by atoms with van der Waals surface area (Å²) in [4.78, 5) is 14.0. The molecule has 1 aliphatic heterocycles. The lowest BCUT2D eigenvalue weighted by atomic mass is 9.76. The van der Waals surface area contributed by atoms with Gasteiger partial charge in [0.25, 0.3) is 0 Å². The van der Waals surface area contributed by atoms with Crippen LogP contribution in [0.4, 0.5) is 0 Å². The van der Waals surface area contributed by atoms with E-state index in [0.717, 1.165) is 45.2 Å². The number of likely N-dealkylation sites (tertiary alicyclic amines) is 1. The van der Waals surface area contributed by atoms with Crippen LogP contribution in [-0.2, 0) is 9.53 Å². The molecular weight excluding hydrogens is 242 g/mol. The number of carbonyl (C=O) groups is 1. The summed E-state index contributed by atoms with van der Waals surface area (Å²) in [5, 5.41) is 9.55. The zero-order valence-electron chi connectivity index (χ0n) is 12.2. The number of carboxylic acid groups (broad SMARTS) is 1. The van der Waals surface area contributed by atoms with Gasteiger partial charge in [-0.3, -0.25) is 9.69 Å². The Bertz CT molecular complexity index is 321. The van der Waals surface area contributed by atoms with E-state index in [1.807, 2.05) is 6.92 Å². The number of carboxylic acids is 1. The number of methoxy groups -OCH3 is 1. The first-order chi connectivity index (χ1) is 9.11. The van der Waals surface area contributed by atoms with Crippen molar-refractivity contribution in [3.63, 3.8) is 0 Å². The van der Waals surface area contributed by atoms with E-state index in [-0.39, 0.29) is 0 Å². The molecule has 1 N–H and O–H groups in total. The Kier molecular flexibility index (Phi) is 4.85. The van der Waals surface area contributed by atoms with Crippen LogP contribution in [0.3, 0.4) is 0 Å². The van der Waals surface area contributed by atoms with Crippen LogP contribution >= 0.6 is 0 Å². The molecule has 0 radical (unpaired) electrons. The minimum Gasteiger partial charge on any atom is -0.481 e. The van der Waals surface area contributed by atoms with Crippen molar-refractivity contribution < 1.29 is 14.6 Å². The average molecular weight is 269 g/mol. The lowest BCUT2D eigenvalue weighted by molar-refractivity contribution is -0.154. The van der Waals surface area contributed by atoms with Gasteiger partial charge in [0.05, 0.1) is 11.5 Å². The van der Waals surface area contributed by atoms with Gasteiger partial charge in [0, 0.05) is 19.7 Å². The van der Waals surface area contributed by atoms with Crippen molar-refractivity contribution in [2.45, 2.75) is 64.0 Å². The second-order valence-corrected chi connectivity index (χ2v) is 6.19. The van der Waals surface area contributed by atoms with Crippen LogP contribution in [0.2, 0.25) is 0 Å². The van der Waals surface area contributed by atoms with Crippen LogP contribution in [0.15, 0.2) is 0 Å². The fourth-order valence-corrected chi connectivity index (χ4v) is 3.76. The second-order valence-electron chi connectivity index (χ2n) is 6.19. The van der Waals surface area contributed by atoms with E-state index in [9.17, 15) is 9.90 Å². The molecule has 0 bridgehead atoms. The summed E-state index contributed by atoms with van der Waals surface area (Å²) in [6.07, 6.45) is 7.55. The molecule has 2 aliphatic rings. The monoisotopic (exact) mass is 269 g/mol. The fourth-order valence-electron chi connectivity index (χ4n) is 3.76. The van der Waals surface area contributed by atoms with Crippen molar-refractivity contribution in [2.75, 3.05) is 20.2 Å². The minimum absolute atomic E-state index is 0.363. The molecule has 2 fully saturated rings. The third-order valence-electron chi connectivity index (χ3n) is 5.19. The largest absolute Gasteiger partial charge is 0.481 e. The maximum atomic E-state index is 11.6. The number of rotatable bonds is 4. The molecule has 2 rings (SSSR count). The first kappa shape index (κ1) is 14.8. The lowest BCUT2D eigenvalue weighted by Gasteiger charge is -2.45. The maximum Gasteiger partial charge on any atom is 0.310 e. The van der Waals surface area contributed by atoms with Crippen LogP contribution in [0.5, 0.6) is 0 Å². The third kappa shape index (κ3) is 3.11. The lowest BCUT2D eigenvalue weighted by Crippen LogP contribution is -2.52. The van der Waals surface area contributed by atoms with E-state index >= 15 is 0 Å². The highest BCUT2D eigenvalue weighted by molar-refractivity contribution is 5.75. The van der Waals surface area contributed by atoms with Gasteiger partial charge in [0.15, 0.2) is 0 Å². The highest BCUT2D eigenvalue weighted by atomic mass is 16.5. The van der Waals surface area contributed by atoms with Crippen LogP contribution in [0.25, 0.3) is 0 Å². The number of hydrogen-bond donors (Lipinski definition) is 1. The van der Waals surface area contributed by atoms with Crippen molar-refractivity contribution in [3.8, 4) is 0 Å². The van der Waals surface area contributed by atoms with Crippen molar-refractivity contribution in [3.05, 3.63) is 0 Å². The van der Waals surface area contributed by atoms with Gasteiger partial charge in [-0.05, 0) is 51.5 Å². The summed E-state index contributed by atoms with van der Waals surface area (Å²) in [5.74, 6) is -0.612. The van der Waals surface area contributed by atoms with Gasteiger partial charge in [-0.25, -0.2) is 0 Å². The SMILES string of the molecule is CCC1(C(=O)O)CCCN(C2CCCC(OC)C2)C1. The number of aliphatic carboxylic acids is 1. The van der Waals surface area contributed by atoms with Gasteiger partial charge in [-0.15, -0.1) is 0 Å². The smallest absolute Gasteiger partial charge is 0.310 e. The average Bonchev–Trinajstić information content (AvgIpc) is 2.47. The standard InChI is InChI=1S/C15H27NO3/c1-3-15(14(17)18)8-5-9-16(11-15)12-6-4-7-13(10-12)19-2/h12-13H,3-11H2,1-2H3,(H,17,18). The summed E-state index contributed by atoms with van der Waals surface area (Å²) in [6.45, 7) is 3.78. The highest BCUT2D eigenvalue weighted by Crippen LogP contribution is 2.37. The van der Waals surface area contributed by atoms with Crippen molar-refractivity contribution in [2.24, 2.45) is 5.41 Å². The van der Waals surface area contributed by atoms with Crippen molar-refractivity contribution in [1.82, 2.24) is 4.90 Å². The summed E-state index contributed by atoms with van der Waals surface area (Å²) in [5.41, 5.74) is -0.516. The van der Waals surface area contributed by atoms with E-state index in [4.69, 9.17) is 4.74 Å². The Morgan fingerprint density at radius 3 is 2.84 bits per heavy atom. The maximum absolute atomic E-state index is 11.6. The molecule has 1 saturated carbocycles. The summed E-state index contributed by atoms with van der Waals surface area (Å²) in [6, 6.07) is 0.518. The van der Waals surface area contributed by atoms with Gasteiger partial charge in [-0.2, -0.15) is 0 Å². The molecule has 110 valence electrons. The molecule has 0 spiro atoms. The molecule has 0 aromatic rings. The van der Waals surface area contributed by atoms with E-state index in [0.29, 0.717) is 12.1 Å². The summed E-state index contributed by atoms with van der Waals surface area (Å²) < 4.78 is 5.49. The molecule has 0 aromatic heterocycles. The topological polar surface area (TPSA) is 49.8 Å². The molecule has 4 heteroatoms. The molecule has 1 heterocycles. The van der Waals surface area contributed by atoms with Gasteiger partial charge in [0.1, 0.15) is 0 Å². The van der Waals surface area contributed by atoms with Crippen molar-refractivity contribution >= 4 is 5.97 Å². The normalized spacial score (nSPS) is 37.2. The Labute approximate surface area is 116 Å². The second kappa shape index (κ2) is 6.23. The number of ether oxygens (including phenoxy) is 1. The van der Waals surface area contributed by atoms with Crippen LogP contribution in [0, 0.1) is 5.41 Å². The molecule has 3 unspecified atom stereocenters. The zero-order chi connectivity index (χ0) is 13.9. The zero-order valence-corrected chi connectivity index (χ0v) is 12.2. The molecule has 1 aliphatic carbocycles. The fraction of sp³-hybridized carbons (Fsp3) is 0.933. The predicted octanol–water partition coefficient (Wildman–Crippen LogP) is 2.52. The van der Waals surface area contributed by atoms with E-state index < -0.39 is 11.4 Å². The molecular formula is C15H27NO3.